The molecular weight excluding hydrogens is 226 g/mol. The highest BCUT2D eigenvalue weighted by atomic mass is 16.5. The number of ether oxygens (including phenoxy) is 1. The zero-order chi connectivity index (χ0) is 13.4. The van der Waals surface area contributed by atoms with Crippen molar-refractivity contribution in [3.63, 3.8) is 0 Å². The summed E-state index contributed by atoms with van der Waals surface area (Å²) in [5.41, 5.74) is 1.24. The first-order valence-electron chi connectivity index (χ1n) is 6.76. The first kappa shape index (κ1) is 15.0. The minimum atomic E-state index is -0.248. The maximum absolute atomic E-state index is 9.74. The van der Waals surface area contributed by atoms with E-state index in [9.17, 15) is 5.11 Å². The number of benzene rings is 1. The smallest absolute Gasteiger partial charge is 0.118 e. The van der Waals surface area contributed by atoms with Gasteiger partial charge < -0.3 is 15.2 Å². The normalized spacial score (nSPS) is 14.2. The summed E-state index contributed by atoms with van der Waals surface area (Å²) in [6.45, 7) is 4.89. The summed E-state index contributed by atoms with van der Waals surface area (Å²) >= 11 is 0. The summed E-state index contributed by atoms with van der Waals surface area (Å²) < 4.78 is 5.15. The molecule has 0 bridgehead atoms. The average molecular weight is 251 g/mol. The number of rotatable bonds is 8. The van der Waals surface area contributed by atoms with E-state index in [0.717, 1.165) is 25.0 Å². The van der Waals surface area contributed by atoms with Gasteiger partial charge in [-0.1, -0.05) is 32.4 Å². The predicted octanol–water partition coefficient (Wildman–Crippen LogP) is 2.90. The van der Waals surface area contributed by atoms with Crippen LogP contribution in [-0.4, -0.2) is 24.9 Å². The lowest BCUT2D eigenvalue weighted by Gasteiger charge is -2.20. The Kier molecular flexibility index (Phi) is 6.76. The van der Waals surface area contributed by atoms with Gasteiger partial charge in [-0.05, 0) is 30.5 Å². The monoisotopic (exact) mass is 251 g/mol. The standard InChI is InChI=1S/C15H25NO2/c1-4-6-13(17)11-16-15(5-2)12-7-9-14(18-3)10-8-12/h7-10,13,15-17H,4-6,11H2,1-3H3. The van der Waals surface area contributed by atoms with Crippen molar-refractivity contribution in [2.45, 2.75) is 45.3 Å². The fraction of sp³-hybridized carbons (Fsp3) is 0.600. The van der Waals surface area contributed by atoms with Crippen molar-refractivity contribution in [3.05, 3.63) is 29.8 Å². The van der Waals surface area contributed by atoms with Crippen molar-refractivity contribution in [2.24, 2.45) is 0 Å². The van der Waals surface area contributed by atoms with Crippen molar-refractivity contribution in [3.8, 4) is 5.75 Å². The van der Waals surface area contributed by atoms with E-state index >= 15 is 0 Å². The van der Waals surface area contributed by atoms with E-state index in [2.05, 4.69) is 31.3 Å². The highest BCUT2D eigenvalue weighted by molar-refractivity contribution is 5.29. The van der Waals surface area contributed by atoms with E-state index in [1.165, 1.54) is 5.56 Å². The van der Waals surface area contributed by atoms with Crippen LogP contribution in [0, 0.1) is 0 Å². The number of aliphatic hydroxyl groups excluding tert-OH is 1. The molecule has 102 valence electrons. The summed E-state index contributed by atoms with van der Waals surface area (Å²) in [5, 5.41) is 13.2. The minimum absolute atomic E-state index is 0.248. The number of nitrogens with one attached hydrogen (secondary N) is 1. The summed E-state index contributed by atoms with van der Waals surface area (Å²) in [4.78, 5) is 0. The van der Waals surface area contributed by atoms with Crippen LogP contribution in [0.25, 0.3) is 0 Å². The lowest BCUT2D eigenvalue weighted by molar-refractivity contribution is 0.156. The van der Waals surface area contributed by atoms with Crippen LogP contribution >= 0.6 is 0 Å². The van der Waals surface area contributed by atoms with Crippen LogP contribution in [0.5, 0.6) is 5.75 Å². The van der Waals surface area contributed by atoms with Gasteiger partial charge in [0.25, 0.3) is 0 Å². The van der Waals surface area contributed by atoms with Crippen LogP contribution in [0.2, 0.25) is 0 Å². The quantitative estimate of drug-likeness (QED) is 0.746. The fourth-order valence-electron chi connectivity index (χ4n) is 2.05. The Labute approximate surface area is 110 Å². The molecule has 0 aliphatic heterocycles. The molecule has 0 aromatic heterocycles. The van der Waals surface area contributed by atoms with Crippen LogP contribution in [0.4, 0.5) is 0 Å². The van der Waals surface area contributed by atoms with Gasteiger partial charge in [0, 0.05) is 12.6 Å². The third-order valence-electron chi connectivity index (χ3n) is 3.15. The van der Waals surface area contributed by atoms with Crippen molar-refractivity contribution in [1.82, 2.24) is 5.32 Å². The van der Waals surface area contributed by atoms with Gasteiger partial charge in [-0.25, -0.2) is 0 Å². The molecule has 1 rings (SSSR count). The van der Waals surface area contributed by atoms with Crippen LogP contribution in [-0.2, 0) is 0 Å². The molecule has 0 heterocycles. The molecule has 3 heteroatoms. The molecule has 0 saturated heterocycles. The second-order valence-corrected chi connectivity index (χ2v) is 4.58. The fourth-order valence-corrected chi connectivity index (χ4v) is 2.05. The molecule has 2 N–H and O–H groups in total. The molecule has 2 unspecified atom stereocenters. The van der Waals surface area contributed by atoms with E-state index in [1.807, 2.05) is 12.1 Å². The first-order chi connectivity index (χ1) is 8.71. The number of hydrogen-bond donors (Lipinski definition) is 2. The third-order valence-corrected chi connectivity index (χ3v) is 3.15. The molecule has 3 nitrogen and oxygen atoms in total. The van der Waals surface area contributed by atoms with E-state index < -0.39 is 0 Å². The van der Waals surface area contributed by atoms with Gasteiger partial charge in [-0.15, -0.1) is 0 Å². The van der Waals surface area contributed by atoms with Gasteiger partial charge in [-0.2, -0.15) is 0 Å². The SMILES string of the molecule is CCCC(O)CNC(CC)c1ccc(OC)cc1. The van der Waals surface area contributed by atoms with Gasteiger partial charge in [0.2, 0.25) is 0 Å². The van der Waals surface area contributed by atoms with Crippen molar-refractivity contribution >= 4 is 0 Å². The Morgan fingerprint density at radius 3 is 2.39 bits per heavy atom. The second kappa shape index (κ2) is 8.11. The molecular formula is C15H25NO2. The van der Waals surface area contributed by atoms with Gasteiger partial charge in [0.15, 0.2) is 0 Å². The Morgan fingerprint density at radius 2 is 1.89 bits per heavy atom. The second-order valence-electron chi connectivity index (χ2n) is 4.58. The molecule has 0 saturated carbocycles. The maximum Gasteiger partial charge on any atom is 0.118 e. The van der Waals surface area contributed by atoms with Gasteiger partial charge in [0.1, 0.15) is 5.75 Å². The Hall–Kier alpha value is -1.06. The van der Waals surface area contributed by atoms with Gasteiger partial charge >= 0.3 is 0 Å². The summed E-state index contributed by atoms with van der Waals surface area (Å²) in [7, 11) is 1.67. The lowest BCUT2D eigenvalue weighted by Crippen LogP contribution is -2.30. The average Bonchev–Trinajstić information content (AvgIpc) is 2.40. The summed E-state index contributed by atoms with van der Waals surface area (Å²) in [5.74, 6) is 0.875. The van der Waals surface area contributed by atoms with Gasteiger partial charge in [-0.3, -0.25) is 0 Å². The molecule has 0 radical (unpaired) electrons. The third kappa shape index (κ3) is 4.67. The van der Waals surface area contributed by atoms with Gasteiger partial charge in [0.05, 0.1) is 13.2 Å². The molecule has 0 spiro atoms. The number of methoxy groups -OCH3 is 1. The van der Waals surface area contributed by atoms with E-state index in [1.54, 1.807) is 7.11 Å². The minimum Gasteiger partial charge on any atom is -0.497 e. The molecule has 0 aliphatic carbocycles. The molecule has 2 atom stereocenters. The Morgan fingerprint density at radius 1 is 1.22 bits per heavy atom. The molecule has 0 fully saturated rings. The zero-order valence-corrected chi connectivity index (χ0v) is 11.6. The lowest BCUT2D eigenvalue weighted by atomic mass is 10.0. The Balaban J connectivity index is 2.53. The first-order valence-corrected chi connectivity index (χ1v) is 6.76. The molecule has 18 heavy (non-hydrogen) atoms. The van der Waals surface area contributed by atoms with E-state index in [-0.39, 0.29) is 6.10 Å². The van der Waals surface area contributed by atoms with Crippen LogP contribution in [0.15, 0.2) is 24.3 Å². The van der Waals surface area contributed by atoms with Crippen LogP contribution in [0.1, 0.15) is 44.7 Å². The summed E-state index contributed by atoms with van der Waals surface area (Å²) in [6, 6.07) is 8.39. The highest BCUT2D eigenvalue weighted by Gasteiger charge is 2.11. The topological polar surface area (TPSA) is 41.5 Å². The molecule has 0 aliphatic rings. The van der Waals surface area contributed by atoms with Crippen LogP contribution in [0.3, 0.4) is 0 Å². The molecule has 0 amide bonds. The van der Waals surface area contributed by atoms with E-state index in [0.29, 0.717) is 12.6 Å². The zero-order valence-electron chi connectivity index (χ0n) is 11.6. The number of hydrogen-bond acceptors (Lipinski definition) is 3. The van der Waals surface area contributed by atoms with Crippen molar-refractivity contribution < 1.29 is 9.84 Å². The highest BCUT2D eigenvalue weighted by Crippen LogP contribution is 2.20. The predicted molar refractivity (Wildman–Crippen MR) is 74.9 cm³/mol. The largest absolute Gasteiger partial charge is 0.497 e. The summed E-state index contributed by atoms with van der Waals surface area (Å²) in [6.07, 6.45) is 2.63. The molecule has 1 aromatic rings. The van der Waals surface area contributed by atoms with Crippen molar-refractivity contribution in [1.29, 1.82) is 0 Å². The van der Waals surface area contributed by atoms with E-state index in [4.69, 9.17) is 4.74 Å². The van der Waals surface area contributed by atoms with Crippen LogP contribution < -0.4 is 10.1 Å². The maximum atomic E-state index is 9.74. The Bertz CT molecular complexity index is 324. The van der Waals surface area contributed by atoms with Crippen molar-refractivity contribution in [2.75, 3.05) is 13.7 Å². The molecule has 1 aromatic carbocycles. The number of aliphatic hydroxyl groups is 1.